The van der Waals surface area contributed by atoms with E-state index in [4.69, 9.17) is 17.3 Å². The lowest BCUT2D eigenvalue weighted by atomic mass is 9.92. The van der Waals surface area contributed by atoms with Gasteiger partial charge in [-0.2, -0.15) is 0 Å². The van der Waals surface area contributed by atoms with Crippen molar-refractivity contribution in [3.8, 4) is 0 Å². The molecule has 0 radical (unpaired) electrons. The zero-order valence-corrected chi connectivity index (χ0v) is 20.3. The van der Waals surface area contributed by atoms with E-state index >= 15 is 0 Å². The number of hydrogen-bond donors (Lipinski definition) is 1. The van der Waals surface area contributed by atoms with Crippen LogP contribution in [0.25, 0.3) is 21.5 Å². The highest BCUT2D eigenvalue weighted by molar-refractivity contribution is 6.33. The molecule has 1 amide bonds. The first kappa shape index (κ1) is 22.5. The Balaban J connectivity index is 1.62. The van der Waals surface area contributed by atoms with Crippen LogP contribution < -0.4 is 15.5 Å². The summed E-state index contributed by atoms with van der Waals surface area (Å²) in [4.78, 5) is 17.5. The number of piperazine rings is 1. The Hall–Kier alpha value is -3.24. The molecule has 1 saturated heterocycles. The number of aryl methyl sites for hydroxylation is 1. The molecule has 2 N–H and O–H groups in total. The Morgan fingerprint density at radius 1 is 0.882 bits per heavy atom. The van der Waals surface area contributed by atoms with E-state index < -0.39 is 0 Å². The normalized spacial score (nSPS) is 14.2. The van der Waals surface area contributed by atoms with Gasteiger partial charge in [-0.1, -0.05) is 67.4 Å². The Morgan fingerprint density at radius 2 is 1.53 bits per heavy atom. The molecule has 1 aliphatic rings. The fourth-order valence-corrected chi connectivity index (χ4v) is 5.43. The largest absolute Gasteiger partial charge is 0.367 e. The molecule has 0 saturated carbocycles. The third kappa shape index (κ3) is 4.19. The van der Waals surface area contributed by atoms with Gasteiger partial charge >= 0.3 is 0 Å². The number of halogens is 1. The highest BCUT2D eigenvalue weighted by Crippen LogP contribution is 2.38. The van der Waals surface area contributed by atoms with Crippen molar-refractivity contribution in [2.24, 2.45) is 5.73 Å². The Morgan fingerprint density at radius 3 is 2.21 bits per heavy atom. The predicted octanol–water partition coefficient (Wildman–Crippen LogP) is 6.41. The van der Waals surface area contributed by atoms with Crippen molar-refractivity contribution in [1.82, 2.24) is 0 Å². The second-order valence-corrected chi connectivity index (χ2v) is 9.48. The van der Waals surface area contributed by atoms with E-state index in [0.717, 1.165) is 72.8 Å². The molecule has 0 bridgehead atoms. The lowest BCUT2D eigenvalue weighted by Gasteiger charge is -2.39. The van der Waals surface area contributed by atoms with Crippen LogP contribution in [0, 0.1) is 0 Å². The molecule has 174 valence electrons. The van der Waals surface area contributed by atoms with Gasteiger partial charge < -0.3 is 15.5 Å². The molecular formula is C29H30ClN3O. The first-order valence-corrected chi connectivity index (χ1v) is 12.5. The molecule has 5 heteroatoms. The molecule has 5 rings (SSSR count). The molecule has 4 aromatic rings. The van der Waals surface area contributed by atoms with E-state index in [0.29, 0.717) is 5.56 Å². The number of hydrogen-bond acceptors (Lipinski definition) is 3. The van der Waals surface area contributed by atoms with Crippen LogP contribution in [0.3, 0.4) is 0 Å². The van der Waals surface area contributed by atoms with Gasteiger partial charge in [-0.05, 0) is 58.8 Å². The number of carbonyl (C=O) groups excluding carboxylic acids is 1. The summed E-state index contributed by atoms with van der Waals surface area (Å²) < 4.78 is 0. The second-order valence-electron chi connectivity index (χ2n) is 9.07. The summed E-state index contributed by atoms with van der Waals surface area (Å²) in [5, 5.41) is 5.41. The van der Waals surface area contributed by atoms with E-state index in [1.165, 1.54) is 16.2 Å². The zero-order valence-electron chi connectivity index (χ0n) is 19.6. The molecule has 0 spiro atoms. The number of unbranched alkanes of at least 4 members (excludes halogenated alkanes) is 1. The molecule has 4 nitrogen and oxygen atoms in total. The zero-order chi connectivity index (χ0) is 23.7. The average molecular weight is 472 g/mol. The van der Waals surface area contributed by atoms with Gasteiger partial charge in [-0.15, -0.1) is 0 Å². The molecule has 4 aromatic carbocycles. The maximum Gasteiger partial charge on any atom is 0.251 e. The maximum absolute atomic E-state index is 12.9. The first-order chi connectivity index (χ1) is 16.6. The Kier molecular flexibility index (Phi) is 6.34. The van der Waals surface area contributed by atoms with Gasteiger partial charge in [0.25, 0.3) is 5.91 Å². The summed E-state index contributed by atoms with van der Waals surface area (Å²) in [5.74, 6) is -0.343. The van der Waals surface area contributed by atoms with Gasteiger partial charge in [0.1, 0.15) is 0 Å². The third-order valence-electron chi connectivity index (χ3n) is 6.90. The second kappa shape index (κ2) is 9.55. The van der Waals surface area contributed by atoms with E-state index in [2.05, 4.69) is 65.3 Å². The molecule has 0 aromatic heterocycles. The topological polar surface area (TPSA) is 49.6 Å². The summed E-state index contributed by atoms with van der Waals surface area (Å²) >= 11 is 6.46. The number of nitrogens with zero attached hydrogens (tertiary/aromatic N) is 2. The number of rotatable bonds is 6. The third-order valence-corrected chi connectivity index (χ3v) is 7.22. The fraction of sp³-hybridized carbons (Fsp3) is 0.276. The summed E-state index contributed by atoms with van der Waals surface area (Å²) in [6.07, 6.45) is 2.95. The van der Waals surface area contributed by atoms with Gasteiger partial charge in [-0.3, -0.25) is 4.79 Å². The SMILES string of the molecule is CCCCc1cc2cc3ccccc3cc2c(N2CCN(c3ccccc3Cl)CC2)c1C(N)=O. The number of carbonyl (C=O) groups is 1. The quantitative estimate of drug-likeness (QED) is 0.330. The summed E-state index contributed by atoms with van der Waals surface area (Å²) in [6.45, 7) is 5.43. The molecular weight excluding hydrogens is 442 g/mol. The monoisotopic (exact) mass is 471 g/mol. The number of nitrogens with two attached hydrogens (primary N) is 1. The van der Waals surface area contributed by atoms with Gasteiger partial charge in [0.15, 0.2) is 0 Å². The minimum Gasteiger partial charge on any atom is -0.367 e. The number of para-hydroxylation sites is 1. The minimum absolute atomic E-state index is 0.343. The maximum atomic E-state index is 12.9. The van der Waals surface area contributed by atoms with Gasteiger partial charge in [0.05, 0.1) is 22.0 Å². The smallest absolute Gasteiger partial charge is 0.251 e. The Labute approximate surface area is 205 Å². The molecule has 1 heterocycles. The van der Waals surface area contributed by atoms with E-state index in [1.807, 2.05) is 18.2 Å². The molecule has 0 unspecified atom stereocenters. The van der Waals surface area contributed by atoms with Crippen LogP contribution in [-0.2, 0) is 6.42 Å². The van der Waals surface area contributed by atoms with Crippen molar-refractivity contribution in [2.45, 2.75) is 26.2 Å². The lowest BCUT2D eigenvalue weighted by molar-refractivity contribution is 0.1000. The number of anilines is 2. The van der Waals surface area contributed by atoms with Gasteiger partial charge in [0.2, 0.25) is 0 Å². The fourth-order valence-electron chi connectivity index (χ4n) is 5.18. The molecule has 34 heavy (non-hydrogen) atoms. The van der Waals surface area contributed by atoms with E-state index in [1.54, 1.807) is 0 Å². The first-order valence-electron chi connectivity index (χ1n) is 12.1. The highest BCUT2D eigenvalue weighted by atomic mass is 35.5. The predicted molar refractivity (Wildman–Crippen MR) is 144 cm³/mol. The molecule has 1 fully saturated rings. The Bertz CT molecular complexity index is 1360. The van der Waals surface area contributed by atoms with Crippen molar-refractivity contribution in [1.29, 1.82) is 0 Å². The van der Waals surface area contributed by atoms with Crippen LogP contribution in [0.4, 0.5) is 11.4 Å². The summed E-state index contributed by atoms with van der Waals surface area (Å²) in [6, 6.07) is 23.0. The van der Waals surface area contributed by atoms with Gasteiger partial charge in [-0.25, -0.2) is 0 Å². The van der Waals surface area contributed by atoms with Crippen LogP contribution in [0.2, 0.25) is 5.02 Å². The molecule has 0 aliphatic carbocycles. The molecule has 0 atom stereocenters. The van der Waals surface area contributed by atoms with Crippen molar-refractivity contribution in [2.75, 3.05) is 36.0 Å². The van der Waals surface area contributed by atoms with Gasteiger partial charge in [0, 0.05) is 31.6 Å². The van der Waals surface area contributed by atoms with E-state index in [9.17, 15) is 4.79 Å². The summed E-state index contributed by atoms with van der Waals surface area (Å²) in [7, 11) is 0. The number of primary amides is 1. The van der Waals surface area contributed by atoms with Crippen LogP contribution in [-0.4, -0.2) is 32.1 Å². The summed E-state index contributed by atoms with van der Waals surface area (Å²) in [5.41, 5.74) is 9.83. The van der Waals surface area contributed by atoms with E-state index in [-0.39, 0.29) is 5.91 Å². The number of fused-ring (bicyclic) bond motifs is 2. The number of amides is 1. The van der Waals surface area contributed by atoms with Crippen LogP contribution >= 0.6 is 11.6 Å². The van der Waals surface area contributed by atoms with Crippen molar-refractivity contribution >= 4 is 50.4 Å². The standard InChI is InChI=1S/C29H30ClN3O/c1-2-3-8-22-18-23-17-20-9-4-5-10-21(20)19-24(23)28(27(22)29(31)34)33-15-13-32(14-16-33)26-12-7-6-11-25(26)30/h4-7,9-12,17-19H,2-3,8,13-16H2,1H3,(H2,31,34). The average Bonchev–Trinajstić information content (AvgIpc) is 2.85. The van der Waals surface area contributed by atoms with Crippen molar-refractivity contribution in [3.05, 3.63) is 82.9 Å². The van der Waals surface area contributed by atoms with Crippen LogP contribution in [0.1, 0.15) is 35.7 Å². The highest BCUT2D eigenvalue weighted by Gasteiger charge is 2.26. The minimum atomic E-state index is -0.343. The van der Waals surface area contributed by atoms with Crippen molar-refractivity contribution < 1.29 is 4.79 Å². The van der Waals surface area contributed by atoms with Crippen molar-refractivity contribution in [3.63, 3.8) is 0 Å². The van der Waals surface area contributed by atoms with Crippen LogP contribution in [0.15, 0.2) is 66.7 Å². The van der Waals surface area contributed by atoms with Crippen LogP contribution in [0.5, 0.6) is 0 Å². The number of benzene rings is 4. The lowest BCUT2D eigenvalue weighted by Crippen LogP contribution is -2.47. The molecule has 1 aliphatic heterocycles.